The van der Waals surface area contributed by atoms with Gasteiger partial charge in [0.1, 0.15) is 6.61 Å². The van der Waals surface area contributed by atoms with E-state index in [1.807, 2.05) is 0 Å². The summed E-state index contributed by atoms with van der Waals surface area (Å²) >= 11 is 0. The predicted octanol–water partition coefficient (Wildman–Crippen LogP) is 0.691. The Morgan fingerprint density at radius 1 is 1.54 bits per heavy atom. The molecule has 0 aromatic carbocycles. The molecule has 0 atom stereocenters. The van der Waals surface area contributed by atoms with Crippen molar-refractivity contribution in [3.63, 3.8) is 0 Å². The van der Waals surface area contributed by atoms with Crippen molar-refractivity contribution in [3.8, 4) is 0 Å². The van der Waals surface area contributed by atoms with Crippen LogP contribution in [0.2, 0.25) is 0 Å². The first-order valence-electron chi connectivity index (χ1n) is 3.91. The van der Waals surface area contributed by atoms with Crippen LogP contribution < -0.4 is 4.90 Å². The predicted molar refractivity (Wildman–Crippen MR) is 49.5 cm³/mol. The number of hydrogen-bond acceptors (Lipinski definition) is 3. The van der Waals surface area contributed by atoms with Gasteiger partial charge in [0, 0.05) is 32.2 Å². The number of ether oxygens (including phenoxy) is 1. The van der Waals surface area contributed by atoms with Gasteiger partial charge >= 0.3 is 0 Å². The van der Waals surface area contributed by atoms with Crippen LogP contribution in [-0.4, -0.2) is 31.7 Å². The SMILES string of the molecule is COCC(=O)N(C)c1ccncc1. The van der Waals surface area contributed by atoms with Crippen molar-refractivity contribution in [3.05, 3.63) is 24.5 Å². The topological polar surface area (TPSA) is 42.4 Å². The molecule has 0 radical (unpaired) electrons. The van der Waals surface area contributed by atoms with Gasteiger partial charge in [-0.05, 0) is 12.1 Å². The zero-order chi connectivity index (χ0) is 9.68. The Bertz CT molecular complexity index is 274. The van der Waals surface area contributed by atoms with Crippen molar-refractivity contribution in [2.24, 2.45) is 0 Å². The number of aromatic nitrogens is 1. The number of anilines is 1. The third-order valence-corrected chi connectivity index (χ3v) is 1.69. The highest BCUT2D eigenvalue weighted by atomic mass is 16.5. The Kier molecular flexibility index (Phi) is 3.40. The number of pyridine rings is 1. The minimum absolute atomic E-state index is 0.0753. The molecule has 1 aromatic heterocycles. The van der Waals surface area contributed by atoms with Crippen LogP contribution >= 0.6 is 0 Å². The smallest absolute Gasteiger partial charge is 0.252 e. The Morgan fingerprint density at radius 2 is 2.15 bits per heavy atom. The van der Waals surface area contributed by atoms with Gasteiger partial charge in [0.2, 0.25) is 0 Å². The average molecular weight is 180 g/mol. The zero-order valence-electron chi connectivity index (χ0n) is 7.73. The van der Waals surface area contributed by atoms with E-state index in [0.717, 1.165) is 5.69 Å². The highest BCUT2D eigenvalue weighted by molar-refractivity contribution is 5.93. The second-order valence-electron chi connectivity index (χ2n) is 2.59. The monoisotopic (exact) mass is 180 g/mol. The van der Waals surface area contributed by atoms with Crippen LogP contribution in [0.3, 0.4) is 0 Å². The molecule has 0 aliphatic rings. The molecule has 70 valence electrons. The van der Waals surface area contributed by atoms with Crippen molar-refractivity contribution >= 4 is 11.6 Å². The maximum atomic E-state index is 11.3. The number of nitrogens with zero attached hydrogens (tertiary/aromatic N) is 2. The van der Waals surface area contributed by atoms with E-state index < -0.39 is 0 Å². The minimum Gasteiger partial charge on any atom is -0.375 e. The lowest BCUT2D eigenvalue weighted by atomic mass is 10.3. The summed E-state index contributed by atoms with van der Waals surface area (Å²) in [6.45, 7) is 0.0961. The van der Waals surface area contributed by atoms with Crippen LogP contribution in [0, 0.1) is 0 Å². The van der Waals surface area contributed by atoms with Gasteiger partial charge in [0.05, 0.1) is 0 Å². The van der Waals surface area contributed by atoms with E-state index in [2.05, 4.69) is 4.98 Å². The summed E-state index contributed by atoms with van der Waals surface area (Å²) in [4.78, 5) is 16.7. The number of carbonyl (C=O) groups is 1. The van der Waals surface area contributed by atoms with Crippen molar-refractivity contribution in [1.82, 2.24) is 4.98 Å². The summed E-state index contributed by atoms with van der Waals surface area (Å²) in [5.41, 5.74) is 0.817. The van der Waals surface area contributed by atoms with Crippen LogP contribution in [0.5, 0.6) is 0 Å². The second kappa shape index (κ2) is 4.57. The van der Waals surface area contributed by atoms with E-state index >= 15 is 0 Å². The van der Waals surface area contributed by atoms with Crippen LogP contribution in [-0.2, 0) is 9.53 Å². The fourth-order valence-corrected chi connectivity index (χ4v) is 0.932. The maximum Gasteiger partial charge on any atom is 0.252 e. The summed E-state index contributed by atoms with van der Waals surface area (Å²) in [6.07, 6.45) is 3.29. The van der Waals surface area contributed by atoms with Crippen molar-refractivity contribution in [2.75, 3.05) is 25.7 Å². The van der Waals surface area contributed by atoms with E-state index in [-0.39, 0.29) is 12.5 Å². The molecule has 0 fully saturated rings. The average Bonchev–Trinajstić information content (AvgIpc) is 2.18. The van der Waals surface area contributed by atoms with Gasteiger partial charge in [-0.3, -0.25) is 9.78 Å². The van der Waals surface area contributed by atoms with Crippen molar-refractivity contribution in [1.29, 1.82) is 0 Å². The summed E-state index contributed by atoms with van der Waals surface area (Å²) in [5.74, 6) is -0.0753. The number of hydrogen-bond donors (Lipinski definition) is 0. The standard InChI is InChI=1S/C9H12N2O2/c1-11(9(12)7-13-2)8-3-5-10-6-4-8/h3-6H,7H2,1-2H3. The summed E-state index contributed by atoms with van der Waals surface area (Å²) < 4.78 is 4.74. The number of likely N-dealkylation sites (N-methyl/N-ethyl adjacent to an activating group) is 1. The number of rotatable bonds is 3. The molecule has 13 heavy (non-hydrogen) atoms. The Labute approximate surface area is 77.1 Å². The Hall–Kier alpha value is -1.42. The molecule has 1 rings (SSSR count). The van der Waals surface area contributed by atoms with Crippen LogP contribution in [0.1, 0.15) is 0 Å². The lowest BCUT2D eigenvalue weighted by Gasteiger charge is -2.15. The van der Waals surface area contributed by atoms with E-state index in [0.29, 0.717) is 0 Å². The van der Waals surface area contributed by atoms with Gasteiger partial charge in [0.25, 0.3) is 5.91 Å². The van der Waals surface area contributed by atoms with Crippen LogP contribution in [0.4, 0.5) is 5.69 Å². The van der Waals surface area contributed by atoms with Gasteiger partial charge in [-0.15, -0.1) is 0 Å². The van der Waals surface area contributed by atoms with E-state index in [1.165, 1.54) is 12.0 Å². The van der Waals surface area contributed by atoms with Gasteiger partial charge in [-0.1, -0.05) is 0 Å². The molecule has 0 spiro atoms. The molecular weight excluding hydrogens is 168 g/mol. The molecule has 4 nitrogen and oxygen atoms in total. The van der Waals surface area contributed by atoms with E-state index in [9.17, 15) is 4.79 Å². The number of amides is 1. The molecule has 1 aromatic rings. The van der Waals surface area contributed by atoms with E-state index in [1.54, 1.807) is 31.6 Å². The van der Waals surface area contributed by atoms with Gasteiger partial charge < -0.3 is 9.64 Å². The summed E-state index contributed by atoms with van der Waals surface area (Å²) in [7, 11) is 3.20. The molecule has 0 bridgehead atoms. The molecular formula is C9H12N2O2. The molecule has 0 unspecified atom stereocenters. The Balaban J connectivity index is 2.68. The molecule has 0 aliphatic heterocycles. The van der Waals surface area contributed by atoms with Crippen LogP contribution in [0.15, 0.2) is 24.5 Å². The third kappa shape index (κ3) is 2.52. The summed E-state index contributed by atoms with van der Waals surface area (Å²) in [5, 5.41) is 0. The summed E-state index contributed by atoms with van der Waals surface area (Å²) in [6, 6.07) is 3.54. The largest absolute Gasteiger partial charge is 0.375 e. The minimum atomic E-state index is -0.0753. The van der Waals surface area contributed by atoms with E-state index in [4.69, 9.17) is 4.74 Å². The first kappa shape index (κ1) is 9.67. The van der Waals surface area contributed by atoms with Crippen LogP contribution in [0.25, 0.3) is 0 Å². The quantitative estimate of drug-likeness (QED) is 0.687. The first-order valence-corrected chi connectivity index (χ1v) is 3.91. The van der Waals surface area contributed by atoms with Crippen molar-refractivity contribution in [2.45, 2.75) is 0 Å². The van der Waals surface area contributed by atoms with Gasteiger partial charge in [0.15, 0.2) is 0 Å². The van der Waals surface area contributed by atoms with Gasteiger partial charge in [-0.25, -0.2) is 0 Å². The molecule has 0 saturated carbocycles. The molecule has 4 heteroatoms. The first-order chi connectivity index (χ1) is 6.25. The normalized spacial score (nSPS) is 9.69. The Morgan fingerprint density at radius 3 is 2.69 bits per heavy atom. The number of carbonyl (C=O) groups excluding carboxylic acids is 1. The lowest BCUT2D eigenvalue weighted by Crippen LogP contribution is -2.29. The molecule has 1 heterocycles. The lowest BCUT2D eigenvalue weighted by molar-refractivity contribution is -0.121. The fraction of sp³-hybridized carbons (Fsp3) is 0.333. The zero-order valence-corrected chi connectivity index (χ0v) is 7.73. The molecule has 0 aliphatic carbocycles. The molecule has 0 saturated heterocycles. The van der Waals surface area contributed by atoms with Gasteiger partial charge in [-0.2, -0.15) is 0 Å². The highest BCUT2D eigenvalue weighted by Gasteiger charge is 2.08. The maximum absolute atomic E-state index is 11.3. The molecule has 1 amide bonds. The third-order valence-electron chi connectivity index (χ3n) is 1.69. The molecule has 0 N–H and O–H groups in total. The highest BCUT2D eigenvalue weighted by Crippen LogP contribution is 2.09. The second-order valence-corrected chi connectivity index (χ2v) is 2.59. The number of methoxy groups -OCH3 is 1. The fourth-order valence-electron chi connectivity index (χ4n) is 0.932. The van der Waals surface area contributed by atoms with Crippen molar-refractivity contribution < 1.29 is 9.53 Å².